The molecule has 0 amide bonds. The molecule has 0 aliphatic heterocycles. The van der Waals surface area contributed by atoms with Gasteiger partial charge >= 0.3 is 11.7 Å². The zero-order chi connectivity index (χ0) is 25.7. The molecule has 0 unspecified atom stereocenters. The Morgan fingerprint density at radius 2 is 1.58 bits per heavy atom. The van der Waals surface area contributed by atoms with E-state index in [2.05, 4.69) is 24.7 Å². The van der Waals surface area contributed by atoms with Crippen LogP contribution in [0.4, 0.5) is 0 Å². The molecule has 0 aliphatic rings. The molecule has 0 fully saturated rings. The van der Waals surface area contributed by atoms with Crippen molar-refractivity contribution in [1.29, 1.82) is 0 Å². The van der Waals surface area contributed by atoms with Crippen molar-refractivity contribution in [3.63, 3.8) is 0 Å². The van der Waals surface area contributed by atoms with E-state index in [1.807, 2.05) is 27.7 Å². The summed E-state index contributed by atoms with van der Waals surface area (Å²) in [6.45, 7) is 13.4. The van der Waals surface area contributed by atoms with Gasteiger partial charge in [0, 0.05) is 23.4 Å². The van der Waals surface area contributed by atoms with Crippen LogP contribution >= 0.6 is 23.2 Å². The Morgan fingerprint density at radius 3 is 2.00 bits per heavy atom. The van der Waals surface area contributed by atoms with Crippen LogP contribution in [0, 0.1) is 5.92 Å². The first-order valence-electron chi connectivity index (χ1n) is 10.5. The molecule has 11 heteroatoms. The monoisotopic (exact) mass is 502 g/mol. The molecule has 0 aromatic carbocycles. The number of aromatic nitrogens is 4. The molecule has 2 rings (SSSR count). The van der Waals surface area contributed by atoms with Gasteiger partial charge in [0.05, 0.1) is 6.61 Å². The predicted octanol–water partition coefficient (Wildman–Crippen LogP) is 4.26. The molecular formula is C22H32Cl2N4O5. The Hall–Kier alpha value is -2.52. The summed E-state index contributed by atoms with van der Waals surface area (Å²) in [5, 5.41) is 0.606. The Labute approximate surface area is 203 Å². The van der Waals surface area contributed by atoms with Crippen LogP contribution in [0.2, 0.25) is 10.4 Å². The SMILES string of the molecule is CC(C)c1cc(=O)[nH]c(=O)[nH]1.CC(C)c1cc(Cl)nc(Cl)n1.CCOC(=O)CC(=O)C(C)C. The first-order chi connectivity index (χ1) is 15.3. The fraction of sp³-hybridized carbons (Fsp3) is 0.545. The normalized spacial score (nSPS) is 10.3. The van der Waals surface area contributed by atoms with E-state index in [1.165, 1.54) is 6.07 Å². The summed E-state index contributed by atoms with van der Waals surface area (Å²) in [7, 11) is 0. The zero-order valence-electron chi connectivity index (χ0n) is 20.0. The van der Waals surface area contributed by atoms with Crippen LogP contribution in [0.25, 0.3) is 0 Å². The van der Waals surface area contributed by atoms with Gasteiger partial charge < -0.3 is 9.72 Å². The van der Waals surface area contributed by atoms with Crippen molar-refractivity contribution in [2.75, 3.05) is 6.61 Å². The standard InChI is InChI=1S/C8H14O3.C7H8Cl2N2.C7H10N2O2/c1-4-11-8(10)5-7(9)6(2)3;1-4(2)5-3-6(8)11-7(9)10-5;1-4(2)5-3-6(10)9-7(11)8-5/h6H,4-5H2,1-3H3;3-4H,1-2H3;3-4H,1-2H3,(H2,8,9,10,11). The van der Waals surface area contributed by atoms with Crippen molar-refractivity contribution in [1.82, 2.24) is 19.9 Å². The Kier molecular flexibility index (Phi) is 14.2. The lowest BCUT2D eigenvalue weighted by Crippen LogP contribution is -2.23. The van der Waals surface area contributed by atoms with E-state index in [1.54, 1.807) is 26.8 Å². The number of H-pyrrole nitrogens is 2. The number of carbonyl (C=O) groups is 2. The number of nitrogens with one attached hydrogen (secondary N) is 2. The third-order valence-electron chi connectivity index (χ3n) is 3.95. The number of esters is 1. The van der Waals surface area contributed by atoms with Gasteiger partial charge in [-0.3, -0.25) is 19.4 Å². The van der Waals surface area contributed by atoms with Crippen molar-refractivity contribution in [3.05, 3.63) is 54.8 Å². The number of hydrogen-bond donors (Lipinski definition) is 2. The second kappa shape index (κ2) is 15.3. The number of ketones is 1. The van der Waals surface area contributed by atoms with Gasteiger partial charge in [-0.1, -0.05) is 53.1 Å². The van der Waals surface area contributed by atoms with Gasteiger partial charge in [0.1, 0.15) is 17.4 Å². The molecule has 33 heavy (non-hydrogen) atoms. The quantitative estimate of drug-likeness (QED) is 0.260. The molecule has 184 valence electrons. The van der Waals surface area contributed by atoms with Crippen molar-refractivity contribution in [2.24, 2.45) is 5.92 Å². The summed E-state index contributed by atoms with van der Waals surface area (Å²) in [6.07, 6.45) is -0.0918. The molecule has 0 radical (unpaired) electrons. The van der Waals surface area contributed by atoms with Crippen LogP contribution in [-0.2, 0) is 14.3 Å². The van der Waals surface area contributed by atoms with Crippen molar-refractivity contribution in [2.45, 2.75) is 66.7 Å². The average molecular weight is 503 g/mol. The van der Waals surface area contributed by atoms with Gasteiger partial charge in [-0.2, -0.15) is 0 Å². The summed E-state index contributed by atoms with van der Waals surface area (Å²) >= 11 is 11.2. The summed E-state index contributed by atoms with van der Waals surface area (Å²) < 4.78 is 4.60. The third kappa shape index (κ3) is 13.6. The molecule has 9 nitrogen and oxygen atoms in total. The van der Waals surface area contributed by atoms with Gasteiger partial charge in [0.2, 0.25) is 5.28 Å². The van der Waals surface area contributed by atoms with Crippen LogP contribution in [0.5, 0.6) is 0 Å². The number of carbonyl (C=O) groups excluding carboxylic acids is 2. The van der Waals surface area contributed by atoms with E-state index < -0.39 is 11.7 Å². The van der Waals surface area contributed by atoms with Gasteiger partial charge in [0.25, 0.3) is 5.56 Å². The maximum Gasteiger partial charge on any atom is 0.325 e. The number of nitrogens with zero attached hydrogens (tertiary/aromatic N) is 2. The Bertz CT molecular complexity index is 968. The molecule has 0 saturated heterocycles. The molecule has 2 N–H and O–H groups in total. The first kappa shape index (κ1) is 30.5. The smallest absolute Gasteiger partial charge is 0.325 e. The van der Waals surface area contributed by atoms with E-state index in [0.717, 1.165) is 5.69 Å². The zero-order valence-corrected chi connectivity index (χ0v) is 21.5. The van der Waals surface area contributed by atoms with Crippen molar-refractivity contribution in [3.8, 4) is 0 Å². The van der Waals surface area contributed by atoms with Gasteiger partial charge in [-0.05, 0) is 36.4 Å². The lowest BCUT2D eigenvalue weighted by atomic mass is 10.1. The van der Waals surface area contributed by atoms with E-state index in [0.29, 0.717) is 23.4 Å². The summed E-state index contributed by atoms with van der Waals surface area (Å²) in [5.41, 5.74) is 0.743. The number of halogens is 2. The first-order valence-corrected chi connectivity index (χ1v) is 11.2. The van der Waals surface area contributed by atoms with Gasteiger partial charge in [-0.25, -0.2) is 14.8 Å². The second-order valence-corrected chi connectivity index (χ2v) is 8.57. The number of ether oxygens (including phenoxy) is 1. The van der Waals surface area contributed by atoms with E-state index in [4.69, 9.17) is 23.2 Å². The van der Waals surface area contributed by atoms with E-state index >= 15 is 0 Å². The number of aromatic amines is 2. The summed E-state index contributed by atoms with van der Waals surface area (Å²) in [5.74, 6) is -0.0768. The molecule has 0 spiro atoms. The lowest BCUT2D eigenvalue weighted by molar-refractivity contribution is -0.146. The van der Waals surface area contributed by atoms with Gasteiger partial charge in [0.15, 0.2) is 0 Å². The van der Waals surface area contributed by atoms with Gasteiger partial charge in [-0.15, -0.1) is 0 Å². The van der Waals surface area contributed by atoms with E-state index in [9.17, 15) is 19.2 Å². The Balaban J connectivity index is 0.000000465. The fourth-order valence-electron chi connectivity index (χ4n) is 2.06. The highest BCUT2D eigenvalue weighted by Crippen LogP contribution is 2.17. The largest absolute Gasteiger partial charge is 0.466 e. The maximum atomic E-state index is 10.9. The lowest BCUT2D eigenvalue weighted by Gasteiger charge is -2.03. The highest BCUT2D eigenvalue weighted by molar-refractivity contribution is 6.31. The predicted molar refractivity (Wildman–Crippen MR) is 129 cm³/mol. The van der Waals surface area contributed by atoms with Crippen LogP contribution in [0.1, 0.15) is 78.1 Å². The van der Waals surface area contributed by atoms with E-state index in [-0.39, 0.29) is 34.9 Å². The molecule has 0 atom stereocenters. The van der Waals surface area contributed by atoms with Crippen molar-refractivity contribution < 1.29 is 14.3 Å². The topological polar surface area (TPSA) is 135 Å². The summed E-state index contributed by atoms with van der Waals surface area (Å²) in [4.78, 5) is 55.5. The number of hydrogen-bond acceptors (Lipinski definition) is 7. The minimum atomic E-state index is -0.443. The molecule has 2 aromatic heterocycles. The molecular weight excluding hydrogens is 471 g/mol. The second-order valence-electron chi connectivity index (χ2n) is 7.84. The molecule has 2 heterocycles. The Morgan fingerprint density at radius 1 is 0.970 bits per heavy atom. The van der Waals surface area contributed by atoms with Crippen LogP contribution < -0.4 is 11.2 Å². The highest BCUT2D eigenvalue weighted by Gasteiger charge is 2.12. The van der Waals surface area contributed by atoms with Crippen LogP contribution in [0.15, 0.2) is 21.7 Å². The number of rotatable bonds is 6. The van der Waals surface area contributed by atoms with Crippen LogP contribution in [0.3, 0.4) is 0 Å². The highest BCUT2D eigenvalue weighted by atomic mass is 35.5. The summed E-state index contributed by atoms with van der Waals surface area (Å²) in [6, 6.07) is 3.12. The third-order valence-corrected chi connectivity index (χ3v) is 4.31. The minimum Gasteiger partial charge on any atom is -0.466 e. The molecule has 0 aliphatic carbocycles. The average Bonchev–Trinajstić information content (AvgIpc) is 2.67. The maximum absolute atomic E-state index is 10.9. The molecule has 0 saturated carbocycles. The van der Waals surface area contributed by atoms with Crippen molar-refractivity contribution >= 4 is 35.0 Å². The van der Waals surface area contributed by atoms with Crippen LogP contribution in [-0.4, -0.2) is 38.3 Å². The minimum absolute atomic E-state index is 0.0662. The fourth-order valence-corrected chi connectivity index (χ4v) is 2.48. The molecule has 0 bridgehead atoms. The number of Topliss-reactive ketones (excluding diaryl/α,β-unsaturated/α-hetero) is 1. The molecule has 2 aromatic rings.